The summed E-state index contributed by atoms with van der Waals surface area (Å²) in [6, 6.07) is 17.8. The van der Waals surface area contributed by atoms with Gasteiger partial charge in [-0.05, 0) is 43.0 Å². The van der Waals surface area contributed by atoms with Crippen LogP contribution in [0.5, 0.6) is 5.88 Å². The van der Waals surface area contributed by atoms with E-state index in [9.17, 15) is 20.4 Å². The van der Waals surface area contributed by atoms with Gasteiger partial charge in [-0.15, -0.1) is 16.9 Å². The maximum atomic E-state index is 10.4. The molecule has 1 aliphatic rings. The molecule has 4 N–H and O–H groups in total. The van der Waals surface area contributed by atoms with Crippen LogP contribution < -0.4 is 4.74 Å². The Kier molecular flexibility index (Phi) is 7.38. The molecule has 0 amide bonds. The number of aliphatic hydroxyl groups is 4. The summed E-state index contributed by atoms with van der Waals surface area (Å²) < 4.78 is 13.3. The molecule has 1 unspecified atom stereocenters. The zero-order chi connectivity index (χ0) is 23.5. The molecule has 8 nitrogen and oxygen atoms in total. The Hall–Kier alpha value is -2.40. The van der Waals surface area contributed by atoms with Crippen molar-refractivity contribution in [2.75, 3.05) is 12.9 Å². The molecule has 176 valence electrons. The van der Waals surface area contributed by atoms with Gasteiger partial charge in [0.05, 0.1) is 12.3 Å². The molecule has 0 radical (unpaired) electrons. The second-order valence-corrected chi connectivity index (χ2v) is 8.84. The summed E-state index contributed by atoms with van der Waals surface area (Å²) in [7, 11) is 0. The van der Waals surface area contributed by atoms with E-state index in [2.05, 4.69) is 17.2 Å². The molecule has 3 aromatic rings. The van der Waals surface area contributed by atoms with Crippen molar-refractivity contribution in [3.8, 4) is 11.6 Å². The van der Waals surface area contributed by atoms with Gasteiger partial charge in [-0.1, -0.05) is 30.3 Å². The fourth-order valence-corrected chi connectivity index (χ4v) is 4.26. The highest BCUT2D eigenvalue weighted by atomic mass is 32.2. The minimum absolute atomic E-state index is 0.245. The Morgan fingerprint density at radius 3 is 2.33 bits per heavy atom. The van der Waals surface area contributed by atoms with Crippen LogP contribution in [0.3, 0.4) is 0 Å². The van der Waals surface area contributed by atoms with Crippen LogP contribution in [0.25, 0.3) is 5.69 Å². The predicted molar refractivity (Wildman–Crippen MR) is 124 cm³/mol. The maximum Gasteiger partial charge on any atom is 0.239 e. The molecule has 2 heterocycles. The molecule has 0 aliphatic carbocycles. The number of ether oxygens (including phenoxy) is 2. The van der Waals surface area contributed by atoms with E-state index in [1.807, 2.05) is 55.6 Å². The van der Waals surface area contributed by atoms with Gasteiger partial charge < -0.3 is 29.9 Å². The first-order valence-electron chi connectivity index (χ1n) is 10.7. The monoisotopic (exact) mass is 472 g/mol. The first-order chi connectivity index (χ1) is 15.9. The Morgan fingerprint density at radius 2 is 1.70 bits per heavy atom. The molecule has 33 heavy (non-hydrogen) atoms. The lowest BCUT2D eigenvalue weighted by atomic mass is 9.99. The fraction of sp³-hybridized carbons (Fsp3) is 0.375. The van der Waals surface area contributed by atoms with Crippen molar-refractivity contribution in [1.29, 1.82) is 0 Å². The van der Waals surface area contributed by atoms with Crippen molar-refractivity contribution in [3.63, 3.8) is 0 Å². The average molecular weight is 473 g/mol. The van der Waals surface area contributed by atoms with Crippen LogP contribution in [0.2, 0.25) is 0 Å². The van der Waals surface area contributed by atoms with E-state index in [0.29, 0.717) is 6.42 Å². The predicted octanol–water partition coefficient (Wildman–Crippen LogP) is 1.67. The Labute approximate surface area is 196 Å². The highest BCUT2D eigenvalue weighted by Gasteiger charge is 2.45. The van der Waals surface area contributed by atoms with Gasteiger partial charge in [0.15, 0.2) is 0 Å². The molecule has 9 heteroatoms. The van der Waals surface area contributed by atoms with Crippen molar-refractivity contribution >= 4 is 11.8 Å². The van der Waals surface area contributed by atoms with E-state index in [-0.39, 0.29) is 5.88 Å². The normalized spacial score (nSPS) is 25.2. The minimum Gasteiger partial charge on any atom is -0.443 e. The first kappa shape index (κ1) is 23.7. The molecule has 5 atom stereocenters. The van der Waals surface area contributed by atoms with Crippen LogP contribution in [-0.2, 0) is 11.2 Å². The lowest BCUT2D eigenvalue weighted by molar-refractivity contribution is -0.278. The van der Waals surface area contributed by atoms with Crippen molar-refractivity contribution in [1.82, 2.24) is 9.78 Å². The van der Waals surface area contributed by atoms with E-state index < -0.39 is 37.3 Å². The van der Waals surface area contributed by atoms with E-state index in [4.69, 9.17) is 9.47 Å². The molecule has 4 rings (SSSR count). The molecule has 0 bridgehead atoms. The number of nitrogens with zero attached hydrogens (tertiary/aromatic N) is 2. The Morgan fingerprint density at radius 1 is 1.00 bits per heavy atom. The topological polar surface area (TPSA) is 117 Å². The summed E-state index contributed by atoms with van der Waals surface area (Å²) in [5, 5.41) is 44.7. The van der Waals surface area contributed by atoms with Gasteiger partial charge in [0, 0.05) is 22.6 Å². The third-order valence-corrected chi connectivity index (χ3v) is 6.56. The van der Waals surface area contributed by atoms with Gasteiger partial charge in [-0.2, -0.15) is 0 Å². The number of hydrogen-bond acceptors (Lipinski definition) is 8. The quantitative estimate of drug-likeness (QED) is 0.384. The Bertz CT molecular complexity index is 1060. The number of aliphatic hydroxyl groups excluding tert-OH is 4. The number of hydrogen-bond donors (Lipinski definition) is 4. The van der Waals surface area contributed by atoms with Crippen LogP contribution >= 0.6 is 11.8 Å². The molecule has 1 saturated heterocycles. The van der Waals surface area contributed by atoms with E-state index in [1.54, 1.807) is 16.4 Å². The van der Waals surface area contributed by atoms with Crippen LogP contribution in [-0.4, -0.2) is 73.8 Å². The number of benzene rings is 2. The smallest absolute Gasteiger partial charge is 0.239 e. The van der Waals surface area contributed by atoms with Gasteiger partial charge in [-0.3, -0.25) is 0 Å². The molecule has 1 aromatic heterocycles. The highest BCUT2D eigenvalue weighted by molar-refractivity contribution is 7.98. The van der Waals surface area contributed by atoms with Crippen molar-refractivity contribution in [2.45, 2.75) is 48.9 Å². The lowest BCUT2D eigenvalue weighted by Crippen LogP contribution is -2.60. The van der Waals surface area contributed by atoms with Gasteiger partial charge >= 0.3 is 0 Å². The van der Waals surface area contributed by atoms with Crippen LogP contribution in [0, 0.1) is 6.92 Å². The zero-order valence-corrected chi connectivity index (χ0v) is 19.2. The van der Waals surface area contributed by atoms with E-state index in [1.165, 1.54) is 0 Å². The summed E-state index contributed by atoms with van der Waals surface area (Å²) in [5.41, 5.74) is 3.56. The van der Waals surface area contributed by atoms with Crippen molar-refractivity contribution in [3.05, 3.63) is 71.4 Å². The number of rotatable bonds is 7. The molecular weight excluding hydrogens is 444 g/mol. The minimum atomic E-state index is -1.53. The molecular formula is C24H28N2O6S. The summed E-state index contributed by atoms with van der Waals surface area (Å²) in [6.45, 7) is 1.41. The summed E-state index contributed by atoms with van der Waals surface area (Å²) >= 11 is 1.67. The van der Waals surface area contributed by atoms with E-state index >= 15 is 0 Å². The first-order valence-corrected chi connectivity index (χ1v) is 11.9. The third-order valence-electron chi connectivity index (χ3n) is 5.82. The second-order valence-electron chi connectivity index (χ2n) is 7.96. The third kappa shape index (κ3) is 4.93. The molecule has 1 aliphatic heterocycles. The van der Waals surface area contributed by atoms with Crippen LogP contribution in [0.4, 0.5) is 0 Å². The van der Waals surface area contributed by atoms with Crippen LogP contribution in [0.15, 0.2) is 59.5 Å². The highest BCUT2D eigenvalue weighted by Crippen LogP contribution is 2.31. The summed E-state index contributed by atoms with van der Waals surface area (Å²) in [4.78, 5) is 1.16. The number of thioether (sulfide) groups is 1. The largest absolute Gasteiger partial charge is 0.443 e. The van der Waals surface area contributed by atoms with E-state index in [0.717, 1.165) is 27.4 Å². The standard InChI is InChI=1S/C24H28N2O6S/c1-14-18(12-15-8-10-17(33-2)11-9-15)23(25-26(14)16-6-4-3-5-7-16)32-24-22(30)21(29)20(28)19(13-27)31-24/h3-11,19-22,24,27-30H,12-13H2,1-2H3/t19-,20-,21+,22-,24?/m1/s1. The zero-order valence-electron chi connectivity index (χ0n) is 18.4. The maximum absolute atomic E-state index is 10.4. The van der Waals surface area contributed by atoms with Gasteiger partial charge in [0.2, 0.25) is 12.2 Å². The number of para-hydroxylation sites is 1. The van der Waals surface area contributed by atoms with Crippen LogP contribution in [0.1, 0.15) is 16.8 Å². The van der Waals surface area contributed by atoms with Gasteiger partial charge in [-0.25, -0.2) is 4.68 Å². The molecule has 1 fully saturated rings. The molecule has 0 saturated carbocycles. The lowest BCUT2D eigenvalue weighted by Gasteiger charge is -2.39. The summed E-state index contributed by atoms with van der Waals surface area (Å²) in [5.74, 6) is 0.245. The fourth-order valence-electron chi connectivity index (χ4n) is 3.85. The van der Waals surface area contributed by atoms with Gasteiger partial charge in [0.1, 0.15) is 24.4 Å². The molecule has 2 aromatic carbocycles. The van der Waals surface area contributed by atoms with Crippen molar-refractivity contribution in [2.24, 2.45) is 0 Å². The summed E-state index contributed by atoms with van der Waals surface area (Å²) in [6.07, 6.45) is -4.32. The average Bonchev–Trinajstić information content (AvgIpc) is 3.15. The Balaban J connectivity index is 1.69. The SMILES string of the molecule is CSc1ccc(Cc2c(OC3O[C@H](CO)[C@@H](O)[C@H](O)[C@H]3O)nn(-c3ccccc3)c2C)cc1. The molecule has 0 spiro atoms. The number of aromatic nitrogens is 2. The second kappa shape index (κ2) is 10.3. The van der Waals surface area contributed by atoms with Crippen molar-refractivity contribution < 1.29 is 29.9 Å². The van der Waals surface area contributed by atoms with Gasteiger partial charge in [0.25, 0.3) is 0 Å².